The van der Waals surface area contributed by atoms with E-state index < -0.39 is 6.10 Å². The van der Waals surface area contributed by atoms with Crippen LogP contribution in [0.2, 0.25) is 5.02 Å². The summed E-state index contributed by atoms with van der Waals surface area (Å²) in [5.41, 5.74) is 3.18. The van der Waals surface area contributed by atoms with E-state index in [9.17, 15) is 4.79 Å². The number of benzene rings is 2. The SMILES string of the molecule is Cc1cc(Cl)ccc1OC(C)C(=O)Nc1cn[nH]c1-c1ccccc1. The maximum Gasteiger partial charge on any atom is 0.265 e. The zero-order valence-electron chi connectivity index (χ0n) is 13.9. The molecule has 0 saturated carbocycles. The van der Waals surface area contributed by atoms with Gasteiger partial charge in [0.1, 0.15) is 5.75 Å². The minimum Gasteiger partial charge on any atom is -0.481 e. The van der Waals surface area contributed by atoms with Crippen LogP contribution in [0, 0.1) is 6.92 Å². The molecule has 0 fully saturated rings. The molecule has 0 bridgehead atoms. The molecular weight excluding hydrogens is 338 g/mol. The molecule has 1 aromatic heterocycles. The van der Waals surface area contributed by atoms with E-state index in [0.29, 0.717) is 16.5 Å². The molecule has 128 valence electrons. The van der Waals surface area contributed by atoms with Crippen molar-refractivity contribution in [3.8, 4) is 17.0 Å². The van der Waals surface area contributed by atoms with E-state index in [4.69, 9.17) is 16.3 Å². The number of aryl methyl sites for hydroxylation is 1. The molecule has 2 aromatic carbocycles. The Balaban J connectivity index is 1.71. The van der Waals surface area contributed by atoms with Crippen LogP contribution in [0.3, 0.4) is 0 Å². The first-order valence-corrected chi connectivity index (χ1v) is 8.25. The third-order valence-corrected chi connectivity index (χ3v) is 4.00. The highest BCUT2D eigenvalue weighted by molar-refractivity contribution is 6.30. The van der Waals surface area contributed by atoms with E-state index in [-0.39, 0.29) is 5.91 Å². The van der Waals surface area contributed by atoms with Crippen molar-refractivity contribution in [3.63, 3.8) is 0 Å². The molecule has 0 aliphatic heterocycles. The molecule has 3 rings (SSSR count). The first-order chi connectivity index (χ1) is 12.0. The van der Waals surface area contributed by atoms with Gasteiger partial charge in [0.05, 0.1) is 17.6 Å². The number of carbonyl (C=O) groups excluding carboxylic acids is 1. The minimum absolute atomic E-state index is 0.257. The second kappa shape index (κ2) is 7.40. The molecule has 0 saturated heterocycles. The van der Waals surface area contributed by atoms with E-state index in [1.54, 1.807) is 31.3 Å². The van der Waals surface area contributed by atoms with Gasteiger partial charge in [-0.3, -0.25) is 9.89 Å². The maximum absolute atomic E-state index is 12.5. The Morgan fingerprint density at radius 3 is 2.72 bits per heavy atom. The maximum atomic E-state index is 12.5. The lowest BCUT2D eigenvalue weighted by molar-refractivity contribution is -0.122. The molecule has 25 heavy (non-hydrogen) atoms. The number of ether oxygens (including phenoxy) is 1. The van der Waals surface area contributed by atoms with Crippen LogP contribution < -0.4 is 10.1 Å². The lowest BCUT2D eigenvalue weighted by Gasteiger charge is -2.16. The number of amides is 1. The first-order valence-electron chi connectivity index (χ1n) is 7.87. The van der Waals surface area contributed by atoms with Gasteiger partial charge < -0.3 is 10.1 Å². The monoisotopic (exact) mass is 355 g/mol. The zero-order valence-corrected chi connectivity index (χ0v) is 14.7. The predicted molar refractivity (Wildman–Crippen MR) is 98.9 cm³/mol. The normalized spacial score (nSPS) is 11.8. The van der Waals surface area contributed by atoms with Gasteiger partial charge >= 0.3 is 0 Å². The van der Waals surface area contributed by atoms with Gasteiger partial charge in [-0.2, -0.15) is 5.10 Å². The number of hydrogen-bond donors (Lipinski definition) is 2. The van der Waals surface area contributed by atoms with Crippen LogP contribution in [-0.4, -0.2) is 22.2 Å². The van der Waals surface area contributed by atoms with E-state index in [2.05, 4.69) is 15.5 Å². The molecule has 3 aromatic rings. The molecule has 1 atom stereocenters. The highest BCUT2D eigenvalue weighted by Crippen LogP contribution is 2.26. The number of aromatic amines is 1. The molecule has 0 spiro atoms. The Morgan fingerprint density at radius 1 is 1.24 bits per heavy atom. The Kier molecular flexibility index (Phi) is 5.05. The summed E-state index contributed by atoms with van der Waals surface area (Å²) >= 11 is 5.94. The Bertz CT molecular complexity index is 877. The Morgan fingerprint density at radius 2 is 2.00 bits per heavy atom. The van der Waals surface area contributed by atoms with Crippen LogP contribution in [0.15, 0.2) is 54.7 Å². The summed E-state index contributed by atoms with van der Waals surface area (Å²) in [7, 11) is 0. The van der Waals surface area contributed by atoms with Crippen LogP contribution >= 0.6 is 11.6 Å². The fourth-order valence-corrected chi connectivity index (χ4v) is 2.66. The number of halogens is 1. The van der Waals surface area contributed by atoms with Crippen LogP contribution in [0.25, 0.3) is 11.3 Å². The lowest BCUT2D eigenvalue weighted by Crippen LogP contribution is -2.30. The number of H-pyrrole nitrogens is 1. The van der Waals surface area contributed by atoms with Gasteiger partial charge in [0, 0.05) is 10.6 Å². The summed E-state index contributed by atoms with van der Waals surface area (Å²) in [6, 6.07) is 15.0. The van der Waals surface area contributed by atoms with Gasteiger partial charge in [0.15, 0.2) is 6.10 Å². The summed E-state index contributed by atoms with van der Waals surface area (Å²) < 4.78 is 5.75. The summed E-state index contributed by atoms with van der Waals surface area (Å²) in [6.07, 6.45) is 0.916. The highest BCUT2D eigenvalue weighted by Gasteiger charge is 2.18. The number of nitrogens with zero attached hydrogens (tertiary/aromatic N) is 1. The average molecular weight is 356 g/mol. The quantitative estimate of drug-likeness (QED) is 0.710. The molecule has 1 amide bonds. The lowest BCUT2D eigenvalue weighted by atomic mass is 10.1. The summed E-state index contributed by atoms with van der Waals surface area (Å²) in [5, 5.41) is 10.4. The number of hydrogen-bond acceptors (Lipinski definition) is 3. The van der Waals surface area contributed by atoms with Gasteiger partial charge in [0.2, 0.25) is 0 Å². The van der Waals surface area contributed by atoms with E-state index in [0.717, 1.165) is 16.8 Å². The van der Waals surface area contributed by atoms with E-state index in [1.165, 1.54) is 0 Å². The number of aromatic nitrogens is 2. The Hall–Kier alpha value is -2.79. The van der Waals surface area contributed by atoms with Crippen molar-refractivity contribution in [2.45, 2.75) is 20.0 Å². The molecule has 0 aliphatic carbocycles. The third-order valence-electron chi connectivity index (χ3n) is 3.77. The van der Waals surface area contributed by atoms with Gasteiger partial charge in [0.25, 0.3) is 5.91 Å². The molecule has 0 aliphatic rings. The highest BCUT2D eigenvalue weighted by atomic mass is 35.5. The molecular formula is C19H18ClN3O2. The van der Waals surface area contributed by atoms with Gasteiger partial charge in [-0.1, -0.05) is 41.9 Å². The second-order valence-electron chi connectivity index (χ2n) is 5.68. The second-order valence-corrected chi connectivity index (χ2v) is 6.12. The van der Waals surface area contributed by atoms with Gasteiger partial charge in [-0.15, -0.1) is 0 Å². The van der Waals surface area contributed by atoms with Crippen molar-refractivity contribution in [1.82, 2.24) is 10.2 Å². The summed E-state index contributed by atoms with van der Waals surface area (Å²) in [4.78, 5) is 12.5. The summed E-state index contributed by atoms with van der Waals surface area (Å²) in [6.45, 7) is 3.58. The number of carbonyl (C=O) groups is 1. The Labute approximate surface area is 151 Å². The summed E-state index contributed by atoms with van der Waals surface area (Å²) in [5.74, 6) is 0.371. The third kappa shape index (κ3) is 4.00. The van der Waals surface area contributed by atoms with Crippen molar-refractivity contribution in [1.29, 1.82) is 0 Å². The van der Waals surface area contributed by atoms with E-state index in [1.807, 2.05) is 37.3 Å². The fourth-order valence-electron chi connectivity index (χ4n) is 2.43. The molecule has 2 N–H and O–H groups in total. The van der Waals surface area contributed by atoms with Gasteiger partial charge in [-0.05, 0) is 37.6 Å². The number of nitrogens with one attached hydrogen (secondary N) is 2. The molecule has 1 heterocycles. The molecule has 1 unspecified atom stereocenters. The standard InChI is InChI=1S/C19H18ClN3O2/c1-12-10-15(20)8-9-17(12)25-13(2)19(24)22-16-11-21-23-18(16)14-6-4-3-5-7-14/h3-11,13H,1-2H3,(H,21,23)(H,22,24). The average Bonchev–Trinajstić information content (AvgIpc) is 3.06. The molecule has 5 nitrogen and oxygen atoms in total. The minimum atomic E-state index is -0.668. The first kappa shape index (κ1) is 17.0. The number of rotatable bonds is 5. The van der Waals surface area contributed by atoms with Crippen LogP contribution in [-0.2, 0) is 4.79 Å². The topological polar surface area (TPSA) is 67.0 Å². The van der Waals surface area contributed by atoms with Crippen molar-refractivity contribution in [2.75, 3.05) is 5.32 Å². The van der Waals surface area contributed by atoms with Crippen molar-refractivity contribution in [2.24, 2.45) is 0 Å². The van der Waals surface area contributed by atoms with Crippen molar-refractivity contribution < 1.29 is 9.53 Å². The van der Waals surface area contributed by atoms with Crippen molar-refractivity contribution in [3.05, 3.63) is 65.3 Å². The van der Waals surface area contributed by atoms with Crippen molar-refractivity contribution >= 4 is 23.2 Å². The largest absolute Gasteiger partial charge is 0.481 e. The molecule has 0 radical (unpaired) electrons. The zero-order chi connectivity index (χ0) is 17.8. The fraction of sp³-hybridized carbons (Fsp3) is 0.158. The molecule has 6 heteroatoms. The van der Waals surface area contributed by atoms with Crippen LogP contribution in [0.1, 0.15) is 12.5 Å². The predicted octanol–water partition coefficient (Wildman–Crippen LogP) is 4.44. The van der Waals surface area contributed by atoms with Crippen LogP contribution in [0.5, 0.6) is 5.75 Å². The smallest absolute Gasteiger partial charge is 0.265 e. The number of anilines is 1. The van der Waals surface area contributed by atoms with E-state index >= 15 is 0 Å². The van der Waals surface area contributed by atoms with Gasteiger partial charge in [-0.25, -0.2) is 0 Å². The van der Waals surface area contributed by atoms with Crippen LogP contribution in [0.4, 0.5) is 5.69 Å².